The highest BCUT2D eigenvalue weighted by atomic mass is 16.8. The Bertz CT molecular complexity index is 639. The highest BCUT2D eigenvalue weighted by Crippen LogP contribution is 2.60. The summed E-state index contributed by atoms with van der Waals surface area (Å²) in [5, 5.41) is 49.8. The monoisotopic (exact) mass is 404 g/mol. The minimum Gasteiger partial charge on any atom is -0.472 e. The van der Waals surface area contributed by atoms with Crippen molar-refractivity contribution in [3.8, 4) is 0 Å². The van der Waals surface area contributed by atoms with Gasteiger partial charge in [-0.05, 0) is 6.08 Å². The molecule has 5 N–H and O–H groups in total. The van der Waals surface area contributed by atoms with Gasteiger partial charge >= 0.3 is 5.97 Å². The van der Waals surface area contributed by atoms with E-state index in [2.05, 4.69) is 0 Å². The van der Waals surface area contributed by atoms with Crippen LogP contribution in [0.1, 0.15) is 6.92 Å². The average molecular weight is 404 g/mol. The fraction of sp³-hybridized carbons (Fsp3) is 0.824. The van der Waals surface area contributed by atoms with Crippen molar-refractivity contribution in [2.24, 2.45) is 11.8 Å². The summed E-state index contributed by atoms with van der Waals surface area (Å²) in [6.07, 6.45) is -6.72. The summed E-state index contributed by atoms with van der Waals surface area (Å²) in [4.78, 5) is 11.2. The number of fused-ring (bicyclic) bond motifs is 3. The fourth-order valence-electron chi connectivity index (χ4n) is 4.37. The molecule has 2 saturated heterocycles. The van der Waals surface area contributed by atoms with E-state index in [1.807, 2.05) is 0 Å². The molecule has 0 amide bonds. The second-order valence-electron chi connectivity index (χ2n) is 7.53. The fourth-order valence-corrected chi connectivity index (χ4v) is 4.37. The first-order valence-corrected chi connectivity index (χ1v) is 9.07. The Balaban J connectivity index is 1.53. The van der Waals surface area contributed by atoms with Crippen molar-refractivity contribution >= 4 is 5.97 Å². The Hall–Kier alpha value is -1.31. The molecule has 158 valence electrons. The van der Waals surface area contributed by atoms with Crippen molar-refractivity contribution in [2.45, 2.75) is 61.7 Å². The van der Waals surface area contributed by atoms with Gasteiger partial charge in [0.25, 0.3) is 0 Å². The number of hydrogen-bond donors (Lipinski definition) is 5. The maximum atomic E-state index is 11.2. The third-order valence-electron chi connectivity index (χ3n) is 5.88. The van der Waals surface area contributed by atoms with Gasteiger partial charge in [-0.3, -0.25) is 4.79 Å². The zero-order chi connectivity index (χ0) is 20.2. The number of aliphatic hydroxyl groups is 5. The zero-order valence-electron chi connectivity index (χ0n) is 15.0. The van der Waals surface area contributed by atoms with E-state index in [0.717, 1.165) is 0 Å². The average Bonchev–Trinajstić information content (AvgIpc) is 3.36. The molecule has 28 heavy (non-hydrogen) atoms. The Kier molecular flexibility index (Phi) is 5.13. The molecule has 0 aromatic heterocycles. The molecule has 0 aromatic carbocycles. The van der Waals surface area contributed by atoms with E-state index < -0.39 is 79.2 Å². The molecular formula is C17H24O11. The van der Waals surface area contributed by atoms with Crippen LogP contribution in [0.15, 0.2) is 12.3 Å². The molecule has 11 nitrogen and oxygen atoms in total. The van der Waals surface area contributed by atoms with Crippen LogP contribution in [0.4, 0.5) is 0 Å². The molecule has 4 rings (SSSR count). The summed E-state index contributed by atoms with van der Waals surface area (Å²) in [6.45, 7) is 0.565. The lowest BCUT2D eigenvalue weighted by Crippen LogP contribution is -2.60. The molecule has 3 aliphatic heterocycles. The number of ether oxygens (including phenoxy) is 5. The SMILES string of the molecule is CC(=O)OC[C@]12O[C@H]1[C@H](O)[C@@H]1C=CO[C@@H](O[C@@H]3O[C@H](CO)[C@@H](O)[C@H](O)[C@H]3O)[C@@H]12. The van der Waals surface area contributed by atoms with Crippen LogP contribution in [0.2, 0.25) is 0 Å². The Morgan fingerprint density at radius 2 is 1.86 bits per heavy atom. The first-order chi connectivity index (χ1) is 13.3. The van der Waals surface area contributed by atoms with Gasteiger partial charge in [0, 0.05) is 12.8 Å². The van der Waals surface area contributed by atoms with Gasteiger partial charge in [-0.1, -0.05) is 0 Å². The van der Waals surface area contributed by atoms with Gasteiger partial charge in [0.05, 0.1) is 24.9 Å². The smallest absolute Gasteiger partial charge is 0.302 e. The third-order valence-corrected chi connectivity index (χ3v) is 5.88. The molecule has 1 aliphatic carbocycles. The summed E-state index contributed by atoms with van der Waals surface area (Å²) in [7, 11) is 0. The highest BCUT2D eigenvalue weighted by molar-refractivity contribution is 5.66. The van der Waals surface area contributed by atoms with Gasteiger partial charge in [-0.15, -0.1) is 0 Å². The molecule has 0 bridgehead atoms. The third kappa shape index (κ3) is 3.02. The number of aliphatic hydroxyl groups excluding tert-OH is 5. The molecule has 0 unspecified atom stereocenters. The van der Waals surface area contributed by atoms with E-state index >= 15 is 0 Å². The predicted octanol–water partition coefficient (Wildman–Crippen LogP) is -3.02. The second kappa shape index (κ2) is 7.18. The number of epoxide rings is 1. The predicted molar refractivity (Wildman–Crippen MR) is 86.1 cm³/mol. The van der Waals surface area contributed by atoms with Crippen LogP contribution >= 0.6 is 0 Å². The maximum Gasteiger partial charge on any atom is 0.302 e. The van der Waals surface area contributed by atoms with Crippen molar-refractivity contribution in [3.63, 3.8) is 0 Å². The van der Waals surface area contributed by atoms with Crippen LogP contribution in [0, 0.1) is 11.8 Å². The summed E-state index contributed by atoms with van der Waals surface area (Å²) < 4.78 is 27.4. The van der Waals surface area contributed by atoms with E-state index in [1.165, 1.54) is 13.2 Å². The topological polar surface area (TPSA) is 168 Å². The van der Waals surface area contributed by atoms with Crippen molar-refractivity contribution in [1.82, 2.24) is 0 Å². The normalized spacial score (nSPS) is 51.8. The van der Waals surface area contributed by atoms with E-state index in [0.29, 0.717) is 0 Å². The molecule has 0 radical (unpaired) electrons. The lowest BCUT2D eigenvalue weighted by Gasteiger charge is -2.43. The summed E-state index contributed by atoms with van der Waals surface area (Å²) in [5.74, 6) is -1.48. The van der Waals surface area contributed by atoms with Gasteiger partial charge in [0.2, 0.25) is 6.29 Å². The highest BCUT2D eigenvalue weighted by Gasteiger charge is 2.76. The van der Waals surface area contributed by atoms with Crippen LogP contribution < -0.4 is 0 Å². The van der Waals surface area contributed by atoms with Gasteiger partial charge in [-0.25, -0.2) is 0 Å². The number of esters is 1. The van der Waals surface area contributed by atoms with Gasteiger partial charge < -0.3 is 49.2 Å². The lowest BCUT2D eigenvalue weighted by atomic mass is 9.85. The quantitative estimate of drug-likeness (QED) is 0.234. The Morgan fingerprint density at radius 1 is 1.11 bits per heavy atom. The summed E-state index contributed by atoms with van der Waals surface area (Å²) >= 11 is 0. The van der Waals surface area contributed by atoms with Crippen molar-refractivity contribution < 1.29 is 54.0 Å². The molecule has 11 atom stereocenters. The van der Waals surface area contributed by atoms with Gasteiger partial charge in [0.1, 0.15) is 42.7 Å². The van der Waals surface area contributed by atoms with Crippen LogP contribution in [0.5, 0.6) is 0 Å². The number of carbonyl (C=O) groups excluding carboxylic acids is 1. The van der Waals surface area contributed by atoms with E-state index in [4.69, 9.17) is 23.7 Å². The molecule has 0 spiro atoms. The summed E-state index contributed by atoms with van der Waals surface area (Å²) in [5.41, 5.74) is -1.00. The standard InChI is InChI=1S/C17H24O11/c1-6(19)25-5-17-9-7(10(20)14(17)28-17)2-3-24-15(9)27-16-13(23)12(22)11(21)8(4-18)26-16/h2-3,7-16,18,20-23H,4-5H2,1H3/t7-,8-,9-,10-,11-,12+,13-,14+,15+,16+,17-/m1/s1. The molecule has 0 aromatic rings. The zero-order valence-corrected chi connectivity index (χ0v) is 15.0. The first kappa shape index (κ1) is 20.0. The Labute approximate surface area is 160 Å². The van der Waals surface area contributed by atoms with Crippen LogP contribution in [-0.4, -0.2) is 99.5 Å². The number of carbonyl (C=O) groups is 1. The van der Waals surface area contributed by atoms with Gasteiger partial charge in [0.15, 0.2) is 6.29 Å². The van der Waals surface area contributed by atoms with Crippen LogP contribution in [0.3, 0.4) is 0 Å². The molecule has 3 heterocycles. The second-order valence-corrected chi connectivity index (χ2v) is 7.53. The molecule has 1 saturated carbocycles. The lowest BCUT2D eigenvalue weighted by molar-refractivity contribution is -0.344. The minimum absolute atomic E-state index is 0.100. The molecule has 3 fully saturated rings. The minimum atomic E-state index is -1.60. The van der Waals surface area contributed by atoms with Crippen LogP contribution in [-0.2, 0) is 28.5 Å². The largest absolute Gasteiger partial charge is 0.472 e. The maximum absolute atomic E-state index is 11.2. The van der Waals surface area contributed by atoms with E-state index in [1.54, 1.807) is 6.08 Å². The van der Waals surface area contributed by atoms with E-state index in [-0.39, 0.29) is 6.61 Å². The van der Waals surface area contributed by atoms with Crippen molar-refractivity contribution in [3.05, 3.63) is 12.3 Å². The molecular weight excluding hydrogens is 380 g/mol. The first-order valence-electron chi connectivity index (χ1n) is 9.07. The van der Waals surface area contributed by atoms with E-state index in [9.17, 15) is 30.3 Å². The molecule has 4 aliphatic rings. The molecule has 11 heteroatoms. The van der Waals surface area contributed by atoms with Crippen molar-refractivity contribution in [1.29, 1.82) is 0 Å². The number of rotatable bonds is 5. The van der Waals surface area contributed by atoms with Crippen LogP contribution in [0.25, 0.3) is 0 Å². The van der Waals surface area contributed by atoms with Gasteiger partial charge in [-0.2, -0.15) is 0 Å². The van der Waals surface area contributed by atoms with Crippen molar-refractivity contribution in [2.75, 3.05) is 13.2 Å². The summed E-state index contributed by atoms with van der Waals surface area (Å²) in [6, 6.07) is 0. The number of hydrogen-bond acceptors (Lipinski definition) is 11. The Morgan fingerprint density at radius 3 is 2.54 bits per heavy atom.